The Morgan fingerprint density at radius 3 is 1.47 bits per heavy atom. The summed E-state index contributed by atoms with van der Waals surface area (Å²) in [5, 5.41) is 13.5. The fraction of sp³-hybridized carbons (Fsp3) is 0.800. The van der Waals surface area contributed by atoms with Gasteiger partial charge in [0, 0.05) is 13.2 Å². The zero-order chi connectivity index (χ0) is 13.8. The molecule has 0 aliphatic carbocycles. The molecule has 0 rings (SSSR count). The van der Waals surface area contributed by atoms with E-state index in [1.807, 2.05) is 0 Å². The van der Waals surface area contributed by atoms with Crippen molar-refractivity contribution in [3.63, 3.8) is 0 Å². The lowest BCUT2D eigenvalue weighted by molar-refractivity contribution is 0.216. The average Bonchev–Trinajstić information content (AvgIpc) is 2.30. The largest absolute Gasteiger partial charge is 0.724 e. The van der Waals surface area contributed by atoms with Crippen LogP contribution in [-0.2, 0) is 18.4 Å². The number of unbranched alkanes of at least 4 members (excludes halogenated alkanes) is 2. The smallest absolute Gasteiger partial charge is 0.433 e. The molecule has 0 aromatic heterocycles. The van der Waals surface area contributed by atoms with E-state index in [2.05, 4.69) is 13.8 Å². The molecule has 0 aromatic carbocycles. The van der Waals surface area contributed by atoms with E-state index in [1.165, 1.54) is 12.8 Å². The standard InChI is InChI=1S/C8H18O2Si.2CNO/c1-3-5-7-9-11-10-8-6-4-2;2*2-1-3/h3-8H2,1-2H3;;/q;2*-1. The molecule has 17 heavy (non-hydrogen) atoms. The molecule has 6 nitrogen and oxygen atoms in total. The van der Waals surface area contributed by atoms with Gasteiger partial charge in [0.1, 0.15) is 0 Å². The van der Waals surface area contributed by atoms with Crippen LogP contribution in [0, 0.1) is 0 Å². The van der Waals surface area contributed by atoms with Crippen LogP contribution in [0.5, 0.6) is 0 Å². The number of hydrogen-bond acceptors (Lipinski definition) is 4. The quantitative estimate of drug-likeness (QED) is 0.287. The molecular formula is C10H18N2O4Si-2. The third kappa shape index (κ3) is 52.1. The molecule has 0 spiro atoms. The molecule has 98 valence electrons. The molecule has 0 saturated carbocycles. The lowest BCUT2D eigenvalue weighted by Crippen LogP contribution is -2.06. The first kappa shape index (κ1) is 21.2. The predicted octanol–water partition coefficient (Wildman–Crippen LogP) is 1.94. The Morgan fingerprint density at radius 2 is 1.24 bits per heavy atom. The SMILES string of the molecule is CCCCO[Si]OCCCC.[N-]=C=O.[N-]=C=O. The molecule has 0 bridgehead atoms. The number of rotatable bonds is 8. The van der Waals surface area contributed by atoms with Gasteiger partial charge < -0.3 is 19.7 Å². The Bertz CT molecular complexity index is 171. The Morgan fingerprint density at radius 1 is 0.941 bits per heavy atom. The van der Waals surface area contributed by atoms with Crippen LogP contribution >= 0.6 is 0 Å². The summed E-state index contributed by atoms with van der Waals surface area (Å²) >= 11 is 0. The summed E-state index contributed by atoms with van der Waals surface area (Å²) < 4.78 is 10.5. The summed E-state index contributed by atoms with van der Waals surface area (Å²) in [4.78, 5) is 16.5. The highest BCUT2D eigenvalue weighted by Gasteiger charge is 1.91. The van der Waals surface area contributed by atoms with E-state index in [0.717, 1.165) is 26.1 Å². The van der Waals surface area contributed by atoms with Gasteiger partial charge in [-0.15, -0.1) is 0 Å². The summed E-state index contributed by atoms with van der Waals surface area (Å²) in [5.74, 6) is 0. The van der Waals surface area contributed by atoms with E-state index >= 15 is 0 Å². The average molecular weight is 258 g/mol. The highest BCUT2D eigenvalue weighted by atomic mass is 28.3. The molecule has 2 radical (unpaired) electrons. The van der Waals surface area contributed by atoms with Crippen LogP contribution in [-0.4, -0.2) is 35.4 Å². The monoisotopic (exact) mass is 258 g/mol. The van der Waals surface area contributed by atoms with Crippen molar-refractivity contribution in [2.24, 2.45) is 0 Å². The lowest BCUT2D eigenvalue weighted by Gasteiger charge is -2.01. The Hall–Kier alpha value is -1.10. The third-order valence-corrected chi connectivity index (χ3v) is 1.96. The van der Waals surface area contributed by atoms with E-state index in [4.69, 9.17) is 29.3 Å². The molecule has 0 amide bonds. The Kier molecular flexibility index (Phi) is 36.6. The molecule has 0 aliphatic rings. The molecule has 0 aromatic rings. The van der Waals surface area contributed by atoms with Crippen LogP contribution in [0.1, 0.15) is 39.5 Å². The van der Waals surface area contributed by atoms with Crippen LogP contribution in [0.4, 0.5) is 0 Å². The van der Waals surface area contributed by atoms with Gasteiger partial charge in [0.25, 0.3) is 0 Å². The summed E-state index contributed by atoms with van der Waals surface area (Å²) in [6.07, 6.45) is 5.67. The first-order chi connectivity index (χ1) is 8.24. The number of carbonyl (C=O) groups excluding carboxylic acids is 2. The van der Waals surface area contributed by atoms with Gasteiger partial charge in [0.2, 0.25) is 0 Å². The Balaban J connectivity index is -0.000000273. The van der Waals surface area contributed by atoms with Crippen molar-refractivity contribution in [3.05, 3.63) is 10.8 Å². The highest BCUT2D eigenvalue weighted by Crippen LogP contribution is 1.89. The fourth-order valence-corrected chi connectivity index (χ4v) is 1.10. The highest BCUT2D eigenvalue weighted by molar-refractivity contribution is 6.17. The maximum absolute atomic E-state index is 8.24. The number of isocyanates is 2. The van der Waals surface area contributed by atoms with Crippen molar-refractivity contribution in [3.8, 4) is 0 Å². The van der Waals surface area contributed by atoms with Crippen molar-refractivity contribution >= 4 is 22.2 Å². The predicted molar refractivity (Wildman–Crippen MR) is 65.6 cm³/mol. The molecule has 0 unspecified atom stereocenters. The molecule has 0 fully saturated rings. The summed E-state index contributed by atoms with van der Waals surface area (Å²) in [7, 11) is 0.252. The van der Waals surface area contributed by atoms with Crippen LogP contribution in [0.2, 0.25) is 0 Å². The van der Waals surface area contributed by atoms with Gasteiger partial charge in [-0.05, 0) is 25.0 Å². The summed E-state index contributed by atoms with van der Waals surface area (Å²) in [6, 6.07) is 0. The van der Waals surface area contributed by atoms with Crippen molar-refractivity contribution in [1.82, 2.24) is 0 Å². The van der Waals surface area contributed by atoms with Crippen LogP contribution in [0.15, 0.2) is 0 Å². The molecule has 7 heteroatoms. The zero-order valence-corrected chi connectivity index (χ0v) is 11.3. The van der Waals surface area contributed by atoms with Crippen molar-refractivity contribution in [1.29, 1.82) is 0 Å². The van der Waals surface area contributed by atoms with Crippen molar-refractivity contribution in [2.75, 3.05) is 13.2 Å². The number of hydrogen-bond donors (Lipinski definition) is 0. The second-order valence-corrected chi connectivity index (χ2v) is 3.41. The van der Waals surface area contributed by atoms with Crippen LogP contribution in [0.25, 0.3) is 10.8 Å². The molecule has 0 atom stereocenters. The topological polar surface area (TPSA) is 97.2 Å². The van der Waals surface area contributed by atoms with Gasteiger partial charge in [-0.25, -0.2) is 0 Å². The van der Waals surface area contributed by atoms with E-state index in [1.54, 1.807) is 0 Å². The van der Waals surface area contributed by atoms with Crippen LogP contribution in [0.3, 0.4) is 0 Å². The maximum atomic E-state index is 8.24. The second-order valence-electron chi connectivity index (χ2n) is 2.67. The molecular weight excluding hydrogens is 240 g/mol. The van der Waals surface area contributed by atoms with Gasteiger partial charge in [0.05, 0.1) is 0 Å². The molecule has 0 N–H and O–H groups in total. The van der Waals surface area contributed by atoms with Crippen molar-refractivity contribution < 1.29 is 18.4 Å². The normalized spacial score (nSPS) is 7.65. The van der Waals surface area contributed by atoms with Gasteiger partial charge in [-0.1, -0.05) is 26.7 Å². The maximum Gasteiger partial charge on any atom is 0.433 e. The molecule has 0 saturated heterocycles. The summed E-state index contributed by atoms with van der Waals surface area (Å²) in [6.45, 7) is 6.01. The number of nitrogens with zero attached hydrogens (tertiary/aromatic N) is 2. The lowest BCUT2D eigenvalue weighted by atomic mass is 10.4. The third-order valence-electron chi connectivity index (χ3n) is 1.32. The first-order valence-corrected chi connectivity index (χ1v) is 6.07. The minimum atomic E-state index is 0.252. The summed E-state index contributed by atoms with van der Waals surface area (Å²) in [5.41, 5.74) is 0. The van der Waals surface area contributed by atoms with Gasteiger partial charge in [-0.2, -0.15) is 0 Å². The fourth-order valence-electron chi connectivity index (χ4n) is 0.558. The van der Waals surface area contributed by atoms with Gasteiger partial charge in [0.15, 0.2) is 0 Å². The minimum Gasteiger partial charge on any atom is -0.724 e. The Labute approximate surface area is 105 Å². The zero-order valence-electron chi connectivity index (χ0n) is 10.3. The van der Waals surface area contributed by atoms with Crippen LogP contribution < -0.4 is 0 Å². The van der Waals surface area contributed by atoms with E-state index in [-0.39, 0.29) is 10.0 Å². The molecule has 0 aliphatic heterocycles. The molecule has 0 heterocycles. The van der Waals surface area contributed by atoms with E-state index < -0.39 is 0 Å². The van der Waals surface area contributed by atoms with Gasteiger partial charge >= 0.3 is 10.0 Å². The minimum absolute atomic E-state index is 0.252. The van der Waals surface area contributed by atoms with E-state index in [0.29, 0.717) is 12.2 Å². The second kappa shape index (κ2) is 29.4. The van der Waals surface area contributed by atoms with E-state index in [9.17, 15) is 0 Å². The first-order valence-electron chi connectivity index (χ1n) is 5.26. The van der Waals surface area contributed by atoms with Gasteiger partial charge in [-0.3, -0.25) is 9.59 Å². The van der Waals surface area contributed by atoms with Crippen molar-refractivity contribution in [2.45, 2.75) is 39.5 Å².